The Morgan fingerprint density at radius 2 is 1.76 bits per heavy atom. The Hall–Kier alpha value is -1.84. The van der Waals surface area contributed by atoms with E-state index in [9.17, 15) is 9.59 Å². The predicted octanol–water partition coefficient (Wildman–Crippen LogP) is 3.55. The van der Waals surface area contributed by atoms with Crippen LogP contribution < -0.4 is 4.90 Å². The maximum absolute atomic E-state index is 12.4. The SMILES string of the molecule is CCCCC(=O)N(CC(C)C(=O)O)c1cc(C)cc(C)c1. The van der Waals surface area contributed by atoms with Crippen LogP contribution in [0.15, 0.2) is 18.2 Å². The predicted molar refractivity (Wildman–Crippen MR) is 84.6 cm³/mol. The van der Waals surface area contributed by atoms with E-state index in [0.29, 0.717) is 6.42 Å². The van der Waals surface area contributed by atoms with Crippen molar-refractivity contribution < 1.29 is 14.7 Å². The number of anilines is 1. The number of unbranched alkanes of at least 4 members (excludes halogenated alkanes) is 1. The Balaban J connectivity index is 3.04. The number of nitrogens with zero attached hydrogens (tertiary/aromatic N) is 1. The molecule has 0 radical (unpaired) electrons. The molecule has 0 fully saturated rings. The van der Waals surface area contributed by atoms with Gasteiger partial charge in [-0.05, 0) is 43.5 Å². The lowest BCUT2D eigenvalue weighted by molar-refractivity contribution is -0.140. The molecule has 4 heteroatoms. The van der Waals surface area contributed by atoms with E-state index in [1.807, 2.05) is 39.0 Å². The first-order valence-electron chi connectivity index (χ1n) is 7.46. The fraction of sp³-hybridized carbons (Fsp3) is 0.529. The van der Waals surface area contributed by atoms with E-state index in [1.54, 1.807) is 11.8 Å². The van der Waals surface area contributed by atoms with E-state index in [-0.39, 0.29) is 12.5 Å². The number of aliphatic carboxylic acids is 1. The van der Waals surface area contributed by atoms with Gasteiger partial charge in [-0.3, -0.25) is 9.59 Å². The second-order valence-corrected chi connectivity index (χ2v) is 5.69. The number of rotatable bonds is 7. The van der Waals surface area contributed by atoms with Crippen LogP contribution in [-0.4, -0.2) is 23.5 Å². The average molecular weight is 291 g/mol. The van der Waals surface area contributed by atoms with Crippen LogP contribution >= 0.6 is 0 Å². The van der Waals surface area contributed by atoms with Crippen LogP contribution in [0, 0.1) is 19.8 Å². The fourth-order valence-electron chi connectivity index (χ4n) is 2.27. The molecule has 0 heterocycles. The second kappa shape index (κ2) is 7.81. The number of hydrogen-bond acceptors (Lipinski definition) is 2. The highest BCUT2D eigenvalue weighted by molar-refractivity contribution is 5.94. The maximum atomic E-state index is 12.4. The average Bonchev–Trinajstić information content (AvgIpc) is 2.40. The number of aryl methyl sites for hydroxylation is 2. The van der Waals surface area contributed by atoms with Gasteiger partial charge in [0, 0.05) is 18.7 Å². The summed E-state index contributed by atoms with van der Waals surface area (Å²) < 4.78 is 0. The molecule has 1 N–H and O–H groups in total. The van der Waals surface area contributed by atoms with Crippen LogP contribution in [0.3, 0.4) is 0 Å². The normalized spacial score (nSPS) is 12.0. The molecule has 4 nitrogen and oxygen atoms in total. The Kier molecular flexibility index (Phi) is 6.40. The Labute approximate surface area is 126 Å². The lowest BCUT2D eigenvalue weighted by Gasteiger charge is -2.25. The summed E-state index contributed by atoms with van der Waals surface area (Å²) in [5.74, 6) is -1.47. The highest BCUT2D eigenvalue weighted by Gasteiger charge is 2.22. The van der Waals surface area contributed by atoms with Gasteiger partial charge in [0.15, 0.2) is 0 Å². The molecule has 0 aromatic heterocycles. The number of carbonyl (C=O) groups excluding carboxylic acids is 1. The van der Waals surface area contributed by atoms with Gasteiger partial charge in [0.05, 0.1) is 5.92 Å². The Bertz CT molecular complexity index is 491. The van der Waals surface area contributed by atoms with Gasteiger partial charge in [-0.2, -0.15) is 0 Å². The van der Waals surface area contributed by atoms with E-state index in [0.717, 1.165) is 29.7 Å². The molecule has 0 saturated carbocycles. The molecular weight excluding hydrogens is 266 g/mol. The maximum Gasteiger partial charge on any atom is 0.308 e. The number of carbonyl (C=O) groups is 2. The molecule has 1 aromatic carbocycles. The van der Waals surface area contributed by atoms with E-state index in [4.69, 9.17) is 5.11 Å². The van der Waals surface area contributed by atoms with Crippen molar-refractivity contribution in [2.24, 2.45) is 5.92 Å². The van der Waals surface area contributed by atoms with E-state index < -0.39 is 11.9 Å². The van der Waals surface area contributed by atoms with E-state index in [1.165, 1.54) is 0 Å². The molecule has 0 bridgehead atoms. The first kappa shape index (κ1) is 17.2. The van der Waals surface area contributed by atoms with Crippen molar-refractivity contribution in [1.29, 1.82) is 0 Å². The Morgan fingerprint density at radius 3 is 2.24 bits per heavy atom. The summed E-state index contributed by atoms with van der Waals surface area (Å²) in [4.78, 5) is 25.1. The van der Waals surface area contributed by atoms with Gasteiger partial charge in [-0.15, -0.1) is 0 Å². The van der Waals surface area contributed by atoms with Gasteiger partial charge in [0.2, 0.25) is 5.91 Å². The number of carboxylic acid groups (broad SMARTS) is 1. The lowest BCUT2D eigenvalue weighted by Crippen LogP contribution is -2.37. The third-order valence-electron chi connectivity index (χ3n) is 3.44. The molecule has 1 aromatic rings. The van der Waals surface area contributed by atoms with Crippen molar-refractivity contribution >= 4 is 17.6 Å². The number of benzene rings is 1. The minimum Gasteiger partial charge on any atom is -0.481 e. The lowest BCUT2D eigenvalue weighted by atomic mass is 10.1. The molecule has 1 atom stereocenters. The van der Waals surface area contributed by atoms with Crippen LogP contribution in [0.4, 0.5) is 5.69 Å². The van der Waals surface area contributed by atoms with E-state index in [2.05, 4.69) is 0 Å². The van der Waals surface area contributed by atoms with Crippen molar-refractivity contribution in [2.75, 3.05) is 11.4 Å². The van der Waals surface area contributed by atoms with Crippen LogP contribution in [-0.2, 0) is 9.59 Å². The zero-order chi connectivity index (χ0) is 16.0. The summed E-state index contributed by atoms with van der Waals surface area (Å²) in [6.45, 7) is 7.83. The van der Waals surface area contributed by atoms with Gasteiger partial charge in [-0.25, -0.2) is 0 Å². The molecule has 0 aliphatic rings. The van der Waals surface area contributed by atoms with Crippen molar-refractivity contribution in [3.8, 4) is 0 Å². The van der Waals surface area contributed by atoms with Crippen LogP contribution in [0.5, 0.6) is 0 Å². The summed E-state index contributed by atoms with van der Waals surface area (Å²) in [5.41, 5.74) is 2.93. The summed E-state index contributed by atoms with van der Waals surface area (Å²) in [6.07, 6.45) is 2.22. The molecule has 21 heavy (non-hydrogen) atoms. The smallest absolute Gasteiger partial charge is 0.308 e. The highest BCUT2D eigenvalue weighted by atomic mass is 16.4. The van der Waals surface area contributed by atoms with Crippen LogP contribution in [0.1, 0.15) is 44.2 Å². The van der Waals surface area contributed by atoms with Crippen molar-refractivity contribution in [3.63, 3.8) is 0 Å². The first-order valence-corrected chi connectivity index (χ1v) is 7.46. The number of hydrogen-bond donors (Lipinski definition) is 1. The van der Waals surface area contributed by atoms with Gasteiger partial charge in [0.25, 0.3) is 0 Å². The molecule has 116 valence electrons. The zero-order valence-electron chi connectivity index (χ0n) is 13.3. The number of carboxylic acids is 1. The standard InChI is InChI=1S/C17H25NO3/c1-5-6-7-16(19)18(11-14(4)17(20)21)15-9-12(2)8-13(3)10-15/h8-10,14H,5-7,11H2,1-4H3,(H,20,21). The minimum absolute atomic E-state index is 0.00468. The van der Waals surface area contributed by atoms with Gasteiger partial charge in [0.1, 0.15) is 0 Å². The van der Waals surface area contributed by atoms with Crippen LogP contribution in [0.25, 0.3) is 0 Å². The van der Waals surface area contributed by atoms with E-state index >= 15 is 0 Å². The Morgan fingerprint density at radius 1 is 1.19 bits per heavy atom. The van der Waals surface area contributed by atoms with Crippen LogP contribution in [0.2, 0.25) is 0 Å². The molecular formula is C17H25NO3. The topological polar surface area (TPSA) is 57.6 Å². The van der Waals surface area contributed by atoms with Gasteiger partial charge < -0.3 is 10.0 Å². The number of amides is 1. The third kappa shape index (κ3) is 5.21. The van der Waals surface area contributed by atoms with Gasteiger partial charge >= 0.3 is 5.97 Å². The molecule has 1 rings (SSSR count). The zero-order valence-corrected chi connectivity index (χ0v) is 13.3. The summed E-state index contributed by atoms with van der Waals surface area (Å²) in [5, 5.41) is 9.11. The molecule has 0 spiro atoms. The molecule has 0 aliphatic heterocycles. The van der Waals surface area contributed by atoms with Crippen molar-refractivity contribution in [1.82, 2.24) is 0 Å². The van der Waals surface area contributed by atoms with Crippen molar-refractivity contribution in [2.45, 2.75) is 47.0 Å². The fourth-order valence-corrected chi connectivity index (χ4v) is 2.27. The van der Waals surface area contributed by atoms with Gasteiger partial charge in [-0.1, -0.05) is 26.3 Å². The highest BCUT2D eigenvalue weighted by Crippen LogP contribution is 2.21. The summed E-state index contributed by atoms with van der Waals surface area (Å²) in [6, 6.07) is 5.91. The quantitative estimate of drug-likeness (QED) is 0.836. The second-order valence-electron chi connectivity index (χ2n) is 5.69. The molecule has 0 aliphatic carbocycles. The van der Waals surface area contributed by atoms with Crippen molar-refractivity contribution in [3.05, 3.63) is 29.3 Å². The third-order valence-corrected chi connectivity index (χ3v) is 3.44. The summed E-state index contributed by atoms with van der Waals surface area (Å²) in [7, 11) is 0. The minimum atomic E-state index is -0.882. The first-order chi connectivity index (χ1) is 9.85. The monoisotopic (exact) mass is 291 g/mol. The largest absolute Gasteiger partial charge is 0.481 e. The molecule has 1 amide bonds. The summed E-state index contributed by atoms with van der Waals surface area (Å²) >= 11 is 0. The molecule has 0 saturated heterocycles. The molecule has 1 unspecified atom stereocenters.